The molecule has 0 aliphatic rings. The Kier molecular flexibility index (Phi) is 4.38. The van der Waals surface area contributed by atoms with Crippen molar-refractivity contribution in [1.82, 2.24) is 5.16 Å². The van der Waals surface area contributed by atoms with Gasteiger partial charge in [0.1, 0.15) is 5.69 Å². The average molecular weight is 360 g/mol. The van der Waals surface area contributed by atoms with Crippen molar-refractivity contribution in [1.29, 1.82) is 0 Å². The predicted octanol–water partition coefficient (Wildman–Crippen LogP) is 5.89. The Morgan fingerprint density at radius 2 is 1.35 bits per heavy atom. The molecule has 0 saturated heterocycles. The van der Waals surface area contributed by atoms with E-state index < -0.39 is 0 Å². The normalized spacial score (nSPS) is 10.7. The zero-order valence-corrected chi connectivity index (χ0v) is 14.5. The van der Waals surface area contributed by atoms with Crippen LogP contribution in [0.15, 0.2) is 89.5 Å². The SMILES string of the molecule is O=C(c1ccc(Cl)cc1)c1c(-c2ccccc2)noc1-c1ccccc1. The van der Waals surface area contributed by atoms with Crippen LogP contribution in [0.5, 0.6) is 0 Å². The smallest absolute Gasteiger partial charge is 0.199 e. The van der Waals surface area contributed by atoms with Crippen molar-refractivity contribution in [3.05, 3.63) is 101 Å². The molecule has 0 spiro atoms. The molecule has 0 aliphatic heterocycles. The Balaban J connectivity index is 1.91. The fourth-order valence-corrected chi connectivity index (χ4v) is 2.95. The Morgan fingerprint density at radius 3 is 1.96 bits per heavy atom. The van der Waals surface area contributed by atoms with E-state index >= 15 is 0 Å². The lowest BCUT2D eigenvalue weighted by molar-refractivity contribution is 0.103. The van der Waals surface area contributed by atoms with Gasteiger partial charge in [0.2, 0.25) is 0 Å². The van der Waals surface area contributed by atoms with Gasteiger partial charge in [-0.3, -0.25) is 4.79 Å². The maximum Gasteiger partial charge on any atom is 0.199 e. The van der Waals surface area contributed by atoms with Gasteiger partial charge in [-0.2, -0.15) is 0 Å². The molecule has 0 unspecified atom stereocenters. The van der Waals surface area contributed by atoms with Gasteiger partial charge in [-0.15, -0.1) is 0 Å². The molecule has 1 heterocycles. The second-order valence-electron chi connectivity index (χ2n) is 5.80. The molecule has 0 bridgehead atoms. The highest BCUT2D eigenvalue weighted by molar-refractivity contribution is 6.30. The largest absolute Gasteiger partial charge is 0.355 e. The van der Waals surface area contributed by atoms with Crippen molar-refractivity contribution < 1.29 is 9.32 Å². The van der Waals surface area contributed by atoms with Crippen LogP contribution >= 0.6 is 11.6 Å². The van der Waals surface area contributed by atoms with Crippen LogP contribution in [-0.2, 0) is 0 Å². The summed E-state index contributed by atoms with van der Waals surface area (Å²) in [7, 11) is 0. The molecule has 0 atom stereocenters. The van der Waals surface area contributed by atoms with Crippen molar-refractivity contribution in [3.8, 4) is 22.6 Å². The summed E-state index contributed by atoms with van der Waals surface area (Å²) in [6, 6.07) is 25.9. The third-order valence-electron chi connectivity index (χ3n) is 4.11. The van der Waals surface area contributed by atoms with E-state index in [1.165, 1.54) is 0 Å². The van der Waals surface area contributed by atoms with Crippen molar-refractivity contribution in [2.75, 3.05) is 0 Å². The molecule has 3 nitrogen and oxygen atoms in total. The molecule has 3 aromatic carbocycles. The highest BCUT2D eigenvalue weighted by atomic mass is 35.5. The molecule has 26 heavy (non-hydrogen) atoms. The summed E-state index contributed by atoms with van der Waals surface area (Å²) >= 11 is 5.95. The zero-order valence-electron chi connectivity index (χ0n) is 13.7. The summed E-state index contributed by atoms with van der Waals surface area (Å²) in [5.41, 5.74) is 3.15. The van der Waals surface area contributed by atoms with E-state index in [1.54, 1.807) is 24.3 Å². The molecule has 0 fully saturated rings. The van der Waals surface area contributed by atoms with Crippen LogP contribution in [0, 0.1) is 0 Å². The number of halogens is 1. The Labute approximate surface area is 155 Å². The van der Waals surface area contributed by atoms with Crippen LogP contribution in [0.3, 0.4) is 0 Å². The Morgan fingerprint density at radius 1 is 0.769 bits per heavy atom. The number of ketones is 1. The highest BCUT2D eigenvalue weighted by Crippen LogP contribution is 2.34. The second-order valence-corrected chi connectivity index (χ2v) is 6.24. The third-order valence-corrected chi connectivity index (χ3v) is 4.36. The summed E-state index contributed by atoms with van der Waals surface area (Å²) in [5.74, 6) is 0.310. The van der Waals surface area contributed by atoms with Gasteiger partial charge in [-0.25, -0.2) is 0 Å². The van der Waals surface area contributed by atoms with Gasteiger partial charge < -0.3 is 4.52 Å². The molecular weight excluding hydrogens is 346 g/mol. The molecule has 0 saturated carbocycles. The molecule has 0 aliphatic carbocycles. The van der Waals surface area contributed by atoms with Crippen LogP contribution in [0.1, 0.15) is 15.9 Å². The lowest BCUT2D eigenvalue weighted by Gasteiger charge is -2.05. The summed E-state index contributed by atoms with van der Waals surface area (Å²) in [6.45, 7) is 0. The molecule has 4 rings (SSSR count). The van der Waals surface area contributed by atoms with Crippen molar-refractivity contribution >= 4 is 17.4 Å². The molecule has 0 radical (unpaired) electrons. The monoisotopic (exact) mass is 359 g/mol. The second kappa shape index (κ2) is 6.98. The van der Waals surface area contributed by atoms with E-state index in [0.29, 0.717) is 27.6 Å². The summed E-state index contributed by atoms with van der Waals surface area (Å²) in [6.07, 6.45) is 0. The summed E-state index contributed by atoms with van der Waals surface area (Å²) in [4.78, 5) is 13.3. The van der Waals surface area contributed by atoms with Gasteiger partial charge >= 0.3 is 0 Å². The average Bonchev–Trinajstić information content (AvgIpc) is 3.14. The maximum atomic E-state index is 13.3. The molecule has 0 amide bonds. The summed E-state index contributed by atoms with van der Waals surface area (Å²) in [5, 5.41) is 4.79. The fraction of sp³-hybridized carbons (Fsp3) is 0. The topological polar surface area (TPSA) is 43.1 Å². The van der Waals surface area contributed by atoms with Gasteiger partial charge in [-0.1, -0.05) is 77.4 Å². The van der Waals surface area contributed by atoms with E-state index in [2.05, 4.69) is 5.16 Å². The number of carbonyl (C=O) groups excluding carboxylic acids is 1. The van der Waals surface area contributed by atoms with Crippen LogP contribution in [0.25, 0.3) is 22.6 Å². The minimum Gasteiger partial charge on any atom is -0.355 e. The first kappa shape index (κ1) is 16.3. The predicted molar refractivity (Wildman–Crippen MR) is 102 cm³/mol. The molecule has 4 aromatic rings. The first-order valence-corrected chi connectivity index (χ1v) is 8.52. The quantitative estimate of drug-likeness (QED) is 0.426. The van der Waals surface area contributed by atoms with Crippen LogP contribution in [0.4, 0.5) is 0 Å². The Bertz CT molecular complexity index is 982. The molecule has 4 heteroatoms. The highest BCUT2D eigenvalue weighted by Gasteiger charge is 2.25. The van der Waals surface area contributed by atoms with Crippen molar-refractivity contribution in [2.24, 2.45) is 0 Å². The first-order chi connectivity index (χ1) is 12.7. The van der Waals surface area contributed by atoms with Gasteiger partial charge in [-0.05, 0) is 24.3 Å². The van der Waals surface area contributed by atoms with Crippen LogP contribution < -0.4 is 0 Å². The molecule has 0 N–H and O–H groups in total. The number of benzene rings is 3. The number of hydrogen-bond donors (Lipinski definition) is 0. The molecular formula is C22H14ClNO2. The van der Waals surface area contributed by atoms with E-state index in [1.807, 2.05) is 60.7 Å². The number of hydrogen-bond acceptors (Lipinski definition) is 3. The van der Waals surface area contributed by atoms with E-state index in [9.17, 15) is 4.79 Å². The number of aromatic nitrogens is 1. The standard InChI is InChI=1S/C22H14ClNO2/c23-18-13-11-16(12-14-18)21(25)19-20(15-7-3-1-4-8-15)24-26-22(19)17-9-5-2-6-10-17/h1-14H. The summed E-state index contributed by atoms with van der Waals surface area (Å²) < 4.78 is 5.61. The Hall–Kier alpha value is -3.17. The minimum absolute atomic E-state index is 0.152. The zero-order chi connectivity index (χ0) is 17.9. The minimum atomic E-state index is -0.152. The number of carbonyl (C=O) groups is 1. The van der Waals surface area contributed by atoms with Gasteiger partial charge in [0.15, 0.2) is 11.5 Å². The molecule has 1 aromatic heterocycles. The van der Waals surface area contributed by atoms with Gasteiger partial charge in [0, 0.05) is 21.7 Å². The number of rotatable bonds is 4. The van der Waals surface area contributed by atoms with Crippen LogP contribution in [0.2, 0.25) is 5.02 Å². The van der Waals surface area contributed by atoms with E-state index in [0.717, 1.165) is 11.1 Å². The van der Waals surface area contributed by atoms with Gasteiger partial charge in [0.25, 0.3) is 0 Å². The van der Waals surface area contributed by atoms with E-state index in [-0.39, 0.29) is 5.78 Å². The molecule has 126 valence electrons. The number of nitrogens with zero attached hydrogens (tertiary/aromatic N) is 1. The third kappa shape index (κ3) is 3.05. The van der Waals surface area contributed by atoms with Crippen molar-refractivity contribution in [3.63, 3.8) is 0 Å². The first-order valence-electron chi connectivity index (χ1n) is 8.15. The van der Waals surface area contributed by atoms with E-state index in [4.69, 9.17) is 16.1 Å². The lowest BCUT2D eigenvalue weighted by Crippen LogP contribution is -2.03. The van der Waals surface area contributed by atoms with Gasteiger partial charge in [0.05, 0.1) is 5.56 Å². The maximum absolute atomic E-state index is 13.3. The van der Waals surface area contributed by atoms with Crippen molar-refractivity contribution in [2.45, 2.75) is 0 Å². The van der Waals surface area contributed by atoms with Crippen LogP contribution in [-0.4, -0.2) is 10.9 Å². The fourth-order valence-electron chi connectivity index (χ4n) is 2.83. The lowest BCUT2D eigenvalue weighted by atomic mass is 9.95.